The predicted molar refractivity (Wildman–Crippen MR) is 181 cm³/mol. The Morgan fingerprint density at radius 1 is 0.783 bits per heavy atom. The highest BCUT2D eigenvalue weighted by molar-refractivity contribution is 5.90. The number of methoxy groups -OCH3 is 1. The van der Waals surface area contributed by atoms with Gasteiger partial charge in [-0.3, -0.25) is 9.59 Å². The molecular weight excluding hydrogens is 576 g/mol. The minimum absolute atomic E-state index is 0.0324. The van der Waals surface area contributed by atoms with Crippen molar-refractivity contribution in [1.82, 2.24) is 0 Å². The Morgan fingerprint density at radius 3 is 2.17 bits per heavy atom. The van der Waals surface area contributed by atoms with Gasteiger partial charge in [0.05, 0.1) is 12.7 Å². The summed E-state index contributed by atoms with van der Waals surface area (Å²) < 4.78 is 17.5. The van der Waals surface area contributed by atoms with E-state index in [4.69, 9.17) is 14.2 Å². The van der Waals surface area contributed by atoms with Gasteiger partial charge in [0.2, 0.25) is 0 Å². The number of carbonyl (C=O) groups is 3. The van der Waals surface area contributed by atoms with Crippen molar-refractivity contribution in [2.75, 3.05) is 7.11 Å². The van der Waals surface area contributed by atoms with Crippen LogP contribution in [0.4, 0.5) is 0 Å². The van der Waals surface area contributed by atoms with Crippen molar-refractivity contribution in [2.45, 2.75) is 76.9 Å². The van der Waals surface area contributed by atoms with E-state index in [1.54, 1.807) is 18.2 Å². The number of hydrogen-bond donors (Lipinski definition) is 0. The highest BCUT2D eigenvalue weighted by Gasteiger charge is 2.45. The minimum atomic E-state index is -0.465. The summed E-state index contributed by atoms with van der Waals surface area (Å²) in [5.74, 6) is -0.0180. The molecule has 0 amide bonds. The minimum Gasteiger partial charge on any atom is -0.490 e. The number of ether oxygens (including phenoxy) is 3. The molecule has 0 N–H and O–H groups in total. The number of allylic oxidation sites excluding steroid dienone is 3. The number of esters is 2. The highest BCUT2D eigenvalue weighted by atomic mass is 16.5. The summed E-state index contributed by atoms with van der Waals surface area (Å²) >= 11 is 0. The first-order valence-corrected chi connectivity index (χ1v) is 16.5. The number of carbonyl (C=O) groups excluding carboxylic acids is 3. The second-order valence-electron chi connectivity index (χ2n) is 11.8. The van der Waals surface area contributed by atoms with Crippen LogP contribution in [0.1, 0.15) is 75.1 Å². The molecule has 0 radical (unpaired) electrons. The lowest BCUT2D eigenvalue weighted by molar-refractivity contribution is -0.140. The summed E-state index contributed by atoms with van der Waals surface area (Å²) in [6.07, 6.45) is 13.5. The standard InChI is InChI=1S/C40H46O6/c1-3-4-9-18-33(41)27-28-36-35(21-14-5-6-15-22-39(42)44-2)37(45-34-19-12-8-13-20-34)29-38(36)46-40(43)32-25-23-31(24-26-32)30-16-10-7-11-17-30/h5,7-8,10-14,16-17,19-20,23-28,35-38H,3-4,6,9,15,18,21-22,29H2,1-2H3/b14-5-,28-27+/t35-,36-,37-,38-/m1/s1. The van der Waals surface area contributed by atoms with Crippen LogP contribution in [0.25, 0.3) is 11.1 Å². The van der Waals surface area contributed by atoms with Crippen molar-refractivity contribution in [1.29, 1.82) is 0 Å². The first-order chi connectivity index (χ1) is 22.5. The van der Waals surface area contributed by atoms with Gasteiger partial charge in [0.15, 0.2) is 5.78 Å². The van der Waals surface area contributed by atoms with Crippen molar-refractivity contribution < 1.29 is 28.6 Å². The summed E-state index contributed by atoms with van der Waals surface area (Å²) in [4.78, 5) is 37.8. The van der Waals surface area contributed by atoms with Crippen LogP contribution in [0.2, 0.25) is 0 Å². The lowest BCUT2D eigenvalue weighted by Gasteiger charge is -2.24. The Balaban J connectivity index is 1.54. The van der Waals surface area contributed by atoms with Gasteiger partial charge >= 0.3 is 11.9 Å². The first-order valence-electron chi connectivity index (χ1n) is 16.5. The van der Waals surface area contributed by atoms with E-state index in [1.807, 2.05) is 78.9 Å². The number of hydrogen-bond acceptors (Lipinski definition) is 6. The summed E-state index contributed by atoms with van der Waals surface area (Å²) in [7, 11) is 1.40. The van der Waals surface area contributed by atoms with Crippen LogP contribution < -0.4 is 4.74 Å². The average molecular weight is 623 g/mol. The molecule has 0 unspecified atom stereocenters. The van der Waals surface area contributed by atoms with E-state index >= 15 is 0 Å². The van der Waals surface area contributed by atoms with E-state index in [0.29, 0.717) is 37.7 Å². The average Bonchev–Trinajstić information content (AvgIpc) is 3.40. The van der Waals surface area contributed by atoms with E-state index in [0.717, 1.165) is 42.6 Å². The maximum Gasteiger partial charge on any atom is 0.338 e. The van der Waals surface area contributed by atoms with Crippen molar-refractivity contribution in [3.05, 3.63) is 115 Å². The Bertz CT molecular complexity index is 1430. The Morgan fingerprint density at radius 2 is 1.48 bits per heavy atom. The zero-order valence-electron chi connectivity index (χ0n) is 27.0. The van der Waals surface area contributed by atoms with Gasteiger partial charge in [0.25, 0.3) is 0 Å². The number of para-hydroxylation sites is 1. The third-order valence-corrected chi connectivity index (χ3v) is 8.47. The molecule has 3 aromatic rings. The normalized spacial score (nSPS) is 19.3. The molecule has 1 saturated carbocycles. The molecule has 6 nitrogen and oxygen atoms in total. The van der Waals surface area contributed by atoms with E-state index in [1.165, 1.54) is 7.11 Å². The largest absolute Gasteiger partial charge is 0.490 e. The smallest absolute Gasteiger partial charge is 0.338 e. The molecule has 242 valence electrons. The van der Waals surface area contributed by atoms with Gasteiger partial charge in [-0.2, -0.15) is 0 Å². The number of benzene rings is 3. The van der Waals surface area contributed by atoms with Crippen molar-refractivity contribution in [3.63, 3.8) is 0 Å². The number of rotatable bonds is 17. The molecule has 3 aromatic carbocycles. The number of ketones is 1. The van der Waals surface area contributed by atoms with Crippen LogP contribution in [0, 0.1) is 11.8 Å². The van der Waals surface area contributed by atoms with E-state index in [9.17, 15) is 14.4 Å². The Hall–Kier alpha value is -4.45. The predicted octanol–water partition coefficient (Wildman–Crippen LogP) is 8.96. The third kappa shape index (κ3) is 10.6. The van der Waals surface area contributed by atoms with Crippen LogP contribution in [-0.2, 0) is 19.1 Å². The molecule has 6 heteroatoms. The molecular formula is C40H46O6. The van der Waals surface area contributed by atoms with Crippen molar-refractivity contribution in [2.24, 2.45) is 11.8 Å². The second-order valence-corrected chi connectivity index (χ2v) is 11.8. The maximum absolute atomic E-state index is 13.5. The van der Waals surface area contributed by atoms with Crippen LogP contribution >= 0.6 is 0 Å². The molecule has 0 aromatic heterocycles. The molecule has 1 aliphatic carbocycles. The van der Waals surface area contributed by atoms with E-state index in [2.05, 4.69) is 19.1 Å². The Labute approximate surface area is 273 Å². The fraction of sp³-hybridized carbons (Fsp3) is 0.375. The molecule has 46 heavy (non-hydrogen) atoms. The van der Waals surface area contributed by atoms with Crippen molar-refractivity contribution in [3.8, 4) is 16.9 Å². The van der Waals surface area contributed by atoms with Gasteiger partial charge in [-0.1, -0.05) is 98.7 Å². The van der Waals surface area contributed by atoms with Crippen LogP contribution in [0.5, 0.6) is 5.75 Å². The lowest BCUT2D eigenvalue weighted by atomic mass is 9.89. The molecule has 4 atom stereocenters. The maximum atomic E-state index is 13.5. The highest BCUT2D eigenvalue weighted by Crippen LogP contribution is 2.41. The fourth-order valence-corrected chi connectivity index (χ4v) is 5.92. The molecule has 0 saturated heterocycles. The van der Waals surface area contributed by atoms with Gasteiger partial charge < -0.3 is 14.2 Å². The van der Waals surface area contributed by atoms with Crippen LogP contribution in [-0.4, -0.2) is 37.0 Å². The third-order valence-electron chi connectivity index (χ3n) is 8.47. The van der Waals surface area contributed by atoms with E-state index < -0.39 is 12.1 Å². The summed E-state index contributed by atoms with van der Waals surface area (Å²) in [5.41, 5.74) is 2.58. The number of unbranched alkanes of at least 4 members (excludes halogenated alkanes) is 3. The van der Waals surface area contributed by atoms with Gasteiger partial charge in [-0.25, -0.2) is 4.79 Å². The SMILES string of the molecule is CCCCCC(=O)/C=C/[C@@H]1[C@@H](C/C=C\CCCC(=O)OC)[C@H](Oc2ccccc2)C[C@H]1OC(=O)c1ccc(-c2ccccc2)cc1. The summed E-state index contributed by atoms with van der Waals surface area (Å²) in [6, 6.07) is 27.1. The zero-order valence-corrected chi connectivity index (χ0v) is 27.0. The lowest BCUT2D eigenvalue weighted by Crippen LogP contribution is -2.26. The van der Waals surface area contributed by atoms with Crippen molar-refractivity contribution >= 4 is 17.7 Å². The quantitative estimate of drug-likeness (QED) is 0.0647. The van der Waals surface area contributed by atoms with Crippen LogP contribution in [0.15, 0.2) is 109 Å². The monoisotopic (exact) mass is 622 g/mol. The van der Waals surface area contributed by atoms with Gasteiger partial charge in [-0.15, -0.1) is 0 Å². The van der Waals surface area contributed by atoms with Gasteiger partial charge in [-0.05, 0) is 67.2 Å². The molecule has 0 bridgehead atoms. The molecule has 4 rings (SSSR count). The summed E-state index contributed by atoms with van der Waals surface area (Å²) in [6.45, 7) is 2.12. The molecule has 0 heterocycles. The first kappa shape index (κ1) is 34.4. The topological polar surface area (TPSA) is 78.9 Å². The molecule has 1 fully saturated rings. The fourth-order valence-electron chi connectivity index (χ4n) is 5.92. The molecule has 1 aliphatic rings. The molecule has 0 aliphatic heterocycles. The Kier molecular flexibility index (Phi) is 13.8. The zero-order chi connectivity index (χ0) is 32.6. The van der Waals surface area contributed by atoms with Gasteiger partial charge in [0.1, 0.15) is 18.0 Å². The second kappa shape index (κ2) is 18.5. The van der Waals surface area contributed by atoms with E-state index in [-0.39, 0.29) is 29.7 Å². The summed E-state index contributed by atoms with van der Waals surface area (Å²) in [5, 5.41) is 0. The van der Waals surface area contributed by atoms with Gasteiger partial charge in [0, 0.05) is 31.1 Å². The van der Waals surface area contributed by atoms with Crippen LogP contribution in [0.3, 0.4) is 0 Å². The molecule has 0 spiro atoms.